The van der Waals surface area contributed by atoms with Crippen molar-refractivity contribution in [3.05, 3.63) is 66.6 Å². The fraction of sp³-hybridized carbons (Fsp3) is 0.0625. The number of para-hydroxylation sites is 1. The van der Waals surface area contributed by atoms with E-state index in [4.69, 9.17) is 0 Å². The van der Waals surface area contributed by atoms with E-state index in [-0.39, 0.29) is 12.3 Å². The number of nitrogens with one attached hydrogen (secondary N) is 1. The standard InChI is InChI=1S/C16H13N3O/c20-16(19-13-7-9-17-10-8-13)11-14-6-5-12-3-1-2-4-15(12)18-14/h1-10H,11H2,(H,17,19,20). The SMILES string of the molecule is O=C(Cc1ccc2ccccc2n1)Nc1ccncc1. The van der Waals surface area contributed by atoms with Crippen molar-refractivity contribution >= 4 is 22.5 Å². The van der Waals surface area contributed by atoms with Gasteiger partial charge in [0.15, 0.2) is 0 Å². The highest BCUT2D eigenvalue weighted by Crippen LogP contribution is 2.12. The molecule has 0 aliphatic carbocycles. The molecule has 0 radical (unpaired) electrons. The first-order valence-electron chi connectivity index (χ1n) is 6.36. The van der Waals surface area contributed by atoms with E-state index in [2.05, 4.69) is 15.3 Å². The number of carbonyl (C=O) groups excluding carboxylic acids is 1. The normalized spacial score (nSPS) is 10.4. The van der Waals surface area contributed by atoms with Gasteiger partial charge >= 0.3 is 0 Å². The predicted molar refractivity (Wildman–Crippen MR) is 78.3 cm³/mol. The smallest absolute Gasteiger partial charge is 0.230 e. The first-order chi connectivity index (χ1) is 9.81. The van der Waals surface area contributed by atoms with Gasteiger partial charge in [0.1, 0.15) is 0 Å². The van der Waals surface area contributed by atoms with Crippen LogP contribution in [0.5, 0.6) is 0 Å². The van der Waals surface area contributed by atoms with E-state index in [9.17, 15) is 4.79 Å². The molecular formula is C16H13N3O. The molecule has 2 heterocycles. The van der Waals surface area contributed by atoms with Crippen LogP contribution >= 0.6 is 0 Å². The molecule has 0 atom stereocenters. The molecule has 20 heavy (non-hydrogen) atoms. The van der Waals surface area contributed by atoms with Crippen molar-refractivity contribution in [1.29, 1.82) is 0 Å². The Bertz CT molecular complexity index is 741. The van der Waals surface area contributed by atoms with Crippen LogP contribution in [0.15, 0.2) is 60.9 Å². The van der Waals surface area contributed by atoms with Crippen molar-refractivity contribution in [3.8, 4) is 0 Å². The number of anilines is 1. The largest absolute Gasteiger partial charge is 0.326 e. The summed E-state index contributed by atoms with van der Waals surface area (Å²) in [6, 6.07) is 15.2. The number of pyridine rings is 2. The molecule has 0 bridgehead atoms. The first-order valence-corrected chi connectivity index (χ1v) is 6.36. The number of carbonyl (C=O) groups is 1. The first kappa shape index (κ1) is 12.3. The summed E-state index contributed by atoms with van der Waals surface area (Å²) in [4.78, 5) is 20.3. The molecule has 2 aromatic heterocycles. The van der Waals surface area contributed by atoms with E-state index in [0.29, 0.717) is 0 Å². The van der Waals surface area contributed by atoms with Gasteiger partial charge in [-0.25, -0.2) is 0 Å². The van der Waals surface area contributed by atoms with Gasteiger partial charge in [0, 0.05) is 23.5 Å². The lowest BCUT2D eigenvalue weighted by Gasteiger charge is -2.05. The van der Waals surface area contributed by atoms with Crippen LogP contribution in [-0.4, -0.2) is 15.9 Å². The second-order valence-electron chi connectivity index (χ2n) is 4.46. The van der Waals surface area contributed by atoms with E-state index in [1.807, 2.05) is 36.4 Å². The monoisotopic (exact) mass is 263 g/mol. The molecule has 0 fully saturated rings. The van der Waals surface area contributed by atoms with Crippen molar-refractivity contribution < 1.29 is 4.79 Å². The topological polar surface area (TPSA) is 54.9 Å². The van der Waals surface area contributed by atoms with E-state index < -0.39 is 0 Å². The average molecular weight is 263 g/mol. The predicted octanol–water partition coefficient (Wildman–Crippen LogP) is 2.81. The summed E-state index contributed by atoms with van der Waals surface area (Å²) >= 11 is 0. The zero-order valence-corrected chi connectivity index (χ0v) is 10.8. The molecule has 0 aliphatic rings. The van der Waals surface area contributed by atoms with Crippen LogP contribution in [0.2, 0.25) is 0 Å². The molecule has 0 saturated carbocycles. The van der Waals surface area contributed by atoms with Gasteiger partial charge < -0.3 is 5.32 Å². The Labute approximate surface area is 116 Å². The molecule has 4 nitrogen and oxygen atoms in total. The Morgan fingerprint density at radius 3 is 2.65 bits per heavy atom. The Morgan fingerprint density at radius 2 is 1.80 bits per heavy atom. The van der Waals surface area contributed by atoms with Crippen LogP contribution in [0.3, 0.4) is 0 Å². The van der Waals surface area contributed by atoms with Crippen molar-refractivity contribution in [1.82, 2.24) is 9.97 Å². The van der Waals surface area contributed by atoms with Gasteiger partial charge in [-0.3, -0.25) is 14.8 Å². The van der Waals surface area contributed by atoms with Crippen molar-refractivity contribution in [2.24, 2.45) is 0 Å². The molecule has 3 rings (SSSR count). The maximum absolute atomic E-state index is 11.9. The van der Waals surface area contributed by atoms with Crippen molar-refractivity contribution in [3.63, 3.8) is 0 Å². The summed E-state index contributed by atoms with van der Waals surface area (Å²) < 4.78 is 0. The quantitative estimate of drug-likeness (QED) is 0.790. The number of amides is 1. The lowest BCUT2D eigenvalue weighted by Crippen LogP contribution is -2.15. The molecule has 3 aromatic rings. The van der Waals surface area contributed by atoms with Crippen LogP contribution in [0, 0.1) is 0 Å². The lowest BCUT2D eigenvalue weighted by molar-refractivity contribution is -0.115. The second-order valence-corrected chi connectivity index (χ2v) is 4.46. The van der Waals surface area contributed by atoms with E-state index in [1.165, 1.54) is 0 Å². The van der Waals surface area contributed by atoms with E-state index in [1.54, 1.807) is 24.5 Å². The zero-order valence-electron chi connectivity index (χ0n) is 10.8. The molecular weight excluding hydrogens is 250 g/mol. The van der Waals surface area contributed by atoms with Gasteiger partial charge in [0.25, 0.3) is 0 Å². The van der Waals surface area contributed by atoms with Crippen molar-refractivity contribution in [2.75, 3.05) is 5.32 Å². The summed E-state index contributed by atoms with van der Waals surface area (Å²) in [7, 11) is 0. The van der Waals surface area contributed by atoms with Crippen LogP contribution in [0.1, 0.15) is 5.69 Å². The second kappa shape index (κ2) is 5.48. The Balaban J connectivity index is 1.74. The fourth-order valence-electron chi connectivity index (χ4n) is 2.01. The van der Waals surface area contributed by atoms with Gasteiger partial charge in [-0.15, -0.1) is 0 Å². The highest BCUT2D eigenvalue weighted by atomic mass is 16.1. The lowest BCUT2D eigenvalue weighted by atomic mass is 10.2. The van der Waals surface area contributed by atoms with Gasteiger partial charge in [0.2, 0.25) is 5.91 Å². The van der Waals surface area contributed by atoms with Crippen LogP contribution < -0.4 is 5.32 Å². The number of aromatic nitrogens is 2. The molecule has 0 spiro atoms. The molecule has 1 amide bonds. The summed E-state index contributed by atoms with van der Waals surface area (Å²) in [5.74, 6) is -0.0843. The summed E-state index contributed by atoms with van der Waals surface area (Å²) in [5, 5.41) is 3.89. The third-order valence-corrected chi connectivity index (χ3v) is 2.96. The Kier molecular flexibility index (Phi) is 3.37. The van der Waals surface area contributed by atoms with Gasteiger partial charge in [0.05, 0.1) is 17.6 Å². The molecule has 0 saturated heterocycles. The van der Waals surface area contributed by atoms with Crippen LogP contribution in [-0.2, 0) is 11.2 Å². The van der Waals surface area contributed by atoms with Gasteiger partial charge in [-0.2, -0.15) is 0 Å². The number of hydrogen-bond acceptors (Lipinski definition) is 3. The number of benzene rings is 1. The Hall–Kier alpha value is -2.75. The van der Waals surface area contributed by atoms with Gasteiger partial charge in [-0.05, 0) is 24.3 Å². The molecule has 1 aromatic carbocycles. The number of fused-ring (bicyclic) bond motifs is 1. The molecule has 1 N–H and O–H groups in total. The minimum absolute atomic E-state index is 0.0843. The maximum atomic E-state index is 11.9. The highest BCUT2D eigenvalue weighted by Gasteiger charge is 2.06. The molecule has 0 unspecified atom stereocenters. The molecule has 4 heteroatoms. The third kappa shape index (κ3) is 2.80. The van der Waals surface area contributed by atoms with Crippen LogP contribution in [0.25, 0.3) is 10.9 Å². The number of rotatable bonds is 3. The zero-order chi connectivity index (χ0) is 13.8. The van der Waals surface area contributed by atoms with Crippen LogP contribution in [0.4, 0.5) is 5.69 Å². The van der Waals surface area contributed by atoms with E-state index in [0.717, 1.165) is 22.3 Å². The van der Waals surface area contributed by atoms with Crippen molar-refractivity contribution in [2.45, 2.75) is 6.42 Å². The number of nitrogens with zero attached hydrogens (tertiary/aromatic N) is 2. The summed E-state index contributed by atoms with van der Waals surface area (Å²) in [5.41, 5.74) is 2.41. The van der Waals surface area contributed by atoms with Gasteiger partial charge in [-0.1, -0.05) is 24.3 Å². The summed E-state index contributed by atoms with van der Waals surface area (Å²) in [6.45, 7) is 0. The molecule has 98 valence electrons. The third-order valence-electron chi connectivity index (χ3n) is 2.96. The number of hydrogen-bond donors (Lipinski definition) is 1. The minimum Gasteiger partial charge on any atom is -0.326 e. The highest BCUT2D eigenvalue weighted by molar-refractivity contribution is 5.92. The fourth-order valence-corrected chi connectivity index (χ4v) is 2.01. The molecule has 0 aliphatic heterocycles. The van der Waals surface area contributed by atoms with E-state index >= 15 is 0 Å². The summed E-state index contributed by atoms with van der Waals surface area (Å²) in [6.07, 6.45) is 3.54. The average Bonchev–Trinajstić information content (AvgIpc) is 2.48. The Morgan fingerprint density at radius 1 is 1.00 bits per heavy atom. The minimum atomic E-state index is -0.0843. The maximum Gasteiger partial charge on any atom is 0.230 e.